The molecule has 2 aromatic rings. The van der Waals surface area contributed by atoms with Crippen LogP contribution in [-0.4, -0.2) is 11.5 Å². The fraction of sp³-hybridized carbons (Fsp3) is 0.357. The van der Waals surface area contributed by atoms with E-state index < -0.39 is 0 Å². The van der Waals surface area contributed by atoms with Gasteiger partial charge in [0.25, 0.3) is 0 Å². The lowest BCUT2D eigenvalue weighted by Crippen LogP contribution is -2.24. The van der Waals surface area contributed by atoms with E-state index in [4.69, 9.17) is 11.6 Å². The molecule has 2 aromatic heterocycles. The van der Waals surface area contributed by atoms with Crippen LogP contribution in [0.15, 0.2) is 30.5 Å². The summed E-state index contributed by atoms with van der Waals surface area (Å²) in [5, 5.41) is 3.50. The van der Waals surface area contributed by atoms with Crippen molar-refractivity contribution in [3.05, 3.63) is 50.9 Å². The van der Waals surface area contributed by atoms with E-state index in [9.17, 15) is 0 Å². The number of pyridine rings is 1. The van der Waals surface area contributed by atoms with Crippen LogP contribution in [0.5, 0.6) is 0 Å². The van der Waals surface area contributed by atoms with Gasteiger partial charge in [0.1, 0.15) is 0 Å². The Hall–Kier alpha value is -0.900. The molecule has 0 aromatic carbocycles. The van der Waals surface area contributed by atoms with Gasteiger partial charge < -0.3 is 5.32 Å². The van der Waals surface area contributed by atoms with Crippen LogP contribution in [-0.2, 0) is 6.42 Å². The molecule has 1 atom stereocenters. The number of aromatic nitrogens is 1. The van der Waals surface area contributed by atoms with Crippen LogP contribution >= 0.6 is 22.9 Å². The molecular formula is C14H17ClN2S. The van der Waals surface area contributed by atoms with Gasteiger partial charge in [-0.05, 0) is 37.2 Å². The summed E-state index contributed by atoms with van der Waals surface area (Å²) in [6.07, 6.45) is 2.79. The van der Waals surface area contributed by atoms with Crippen molar-refractivity contribution in [2.24, 2.45) is 0 Å². The molecule has 96 valence electrons. The molecule has 2 nitrogen and oxygen atoms in total. The van der Waals surface area contributed by atoms with Crippen molar-refractivity contribution in [3.63, 3.8) is 0 Å². The Kier molecular flexibility index (Phi) is 4.75. The van der Waals surface area contributed by atoms with E-state index in [1.54, 1.807) is 11.3 Å². The minimum Gasteiger partial charge on any atom is -0.309 e. The zero-order valence-electron chi connectivity index (χ0n) is 10.6. The highest BCUT2D eigenvalue weighted by Gasteiger charge is 2.15. The normalized spacial score (nSPS) is 12.6. The summed E-state index contributed by atoms with van der Waals surface area (Å²) in [4.78, 5) is 5.80. The van der Waals surface area contributed by atoms with Gasteiger partial charge in [0.05, 0.1) is 16.1 Å². The van der Waals surface area contributed by atoms with E-state index >= 15 is 0 Å². The molecule has 18 heavy (non-hydrogen) atoms. The minimum absolute atomic E-state index is 0.255. The summed E-state index contributed by atoms with van der Waals surface area (Å²) >= 11 is 7.62. The van der Waals surface area contributed by atoms with E-state index in [1.165, 1.54) is 10.4 Å². The van der Waals surface area contributed by atoms with E-state index in [0.29, 0.717) is 0 Å². The molecule has 0 radical (unpaired) electrons. The number of rotatable bonds is 5. The number of hydrogen-bond donors (Lipinski definition) is 1. The zero-order valence-corrected chi connectivity index (χ0v) is 12.2. The van der Waals surface area contributed by atoms with E-state index in [-0.39, 0.29) is 6.04 Å². The van der Waals surface area contributed by atoms with Gasteiger partial charge in [-0.3, -0.25) is 4.98 Å². The second-order valence-corrected chi connectivity index (χ2v) is 6.03. The molecule has 0 bridgehead atoms. The average Bonchev–Trinajstić information content (AvgIpc) is 2.75. The molecule has 0 fully saturated rings. The highest BCUT2D eigenvalue weighted by molar-refractivity contribution is 7.16. The van der Waals surface area contributed by atoms with Crippen molar-refractivity contribution in [2.75, 3.05) is 6.54 Å². The minimum atomic E-state index is 0.255. The number of likely N-dealkylation sites (N-methyl/N-ethyl adjacent to an activating group) is 1. The third-order valence-corrected chi connectivity index (χ3v) is 4.12. The largest absolute Gasteiger partial charge is 0.309 e. The van der Waals surface area contributed by atoms with Crippen molar-refractivity contribution in [1.29, 1.82) is 0 Å². The van der Waals surface area contributed by atoms with Crippen LogP contribution in [0.25, 0.3) is 0 Å². The maximum absolute atomic E-state index is 5.98. The first kappa shape index (κ1) is 13.5. The SMILES string of the molecule is CCNC(Cc1ccc(Cl)s1)c1ncccc1C. The van der Waals surface area contributed by atoms with Crippen LogP contribution in [0.4, 0.5) is 0 Å². The van der Waals surface area contributed by atoms with E-state index in [1.807, 2.05) is 18.3 Å². The number of hydrogen-bond acceptors (Lipinski definition) is 3. The van der Waals surface area contributed by atoms with E-state index in [2.05, 4.69) is 36.3 Å². The van der Waals surface area contributed by atoms with Crippen molar-refractivity contribution in [3.8, 4) is 0 Å². The van der Waals surface area contributed by atoms with Crippen LogP contribution in [0.1, 0.15) is 29.1 Å². The Morgan fingerprint density at radius 1 is 1.39 bits per heavy atom. The summed E-state index contributed by atoms with van der Waals surface area (Å²) in [5.41, 5.74) is 2.36. The Morgan fingerprint density at radius 2 is 2.22 bits per heavy atom. The van der Waals surface area contributed by atoms with Gasteiger partial charge in [0.2, 0.25) is 0 Å². The molecule has 0 aliphatic carbocycles. The summed E-state index contributed by atoms with van der Waals surface area (Å²) in [5.74, 6) is 0. The van der Waals surface area contributed by atoms with Crippen LogP contribution in [0.3, 0.4) is 0 Å². The lowest BCUT2D eigenvalue weighted by Gasteiger charge is -2.18. The molecule has 0 amide bonds. The third kappa shape index (κ3) is 3.31. The highest BCUT2D eigenvalue weighted by Crippen LogP contribution is 2.26. The number of halogens is 1. The molecule has 1 N–H and O–H groups in total. The van der Waals surface area contributed by atoms with Crippen molar-refractivity contribution < 1.29 is 0 Å². The Balaban J connectivity index is 2.20. The monoisotopic (exact) mass is 280 g/mol. The van der Waals surface area contributed by atoms with Gasteiger partial charge in [0, 0.05) is 17.5 Å². The topological polar surface area (TPSA) is 24.9 Å². The molecule has 1 unspecified atom stereocenters. The number of nitrogens with one attached hydrogen (secondary N) is 1. The standard InChI is InChI=1S/C14H17ClN2S/c1-3-16-12(9-11-6-7-13(15)18-11)14-10(2)5-4-8-17-14/h4-8,12,16H,3,9H2,1-2H3. The Morgan fingerprint density at radius 3 is 2.83 bits per heavy atom. The molecule has 0 spiro atoms. The fourth-order valence-corrected chi connectivity index (χ4v) is 3.17. The molecule has 0 saturated carbocycles. The van der Waals surface area contributed by atoms with Gasteiger partial charge in [-0.25, -0.2) is 0 Å². The number of thiophene rings is 1. The fourth-order valence-electron chi connectivity index (χ4n) is 2.04. The summed E-state index contributed by atoms with van der Waals surface area (Å²) < 4.78 is 0.845. The van der Waals surface area contributed by atoms with Crippen molar-refractivity contribution in [2.45, 2.75) is 26.3 Å². The summed E-state index contributed by atoms with van der Waals surface area (Å²) in [7, 11) is 0. The predicted octanol–water partition coefficient (Wildman–Crippen LogP) is 4.00. The smallest absolute Gasteiger partial charge is 0.0931 e. The second kappa shape index (κ2) is 6.32. The van der Waals surface area contributed by atoms with Gasteiger partial charge in [-0.15, -0.1) is 11.3 Å². The first-order valence-electron chi connectivity index (χ1n) is 6.09. The van der Waals surface area contributed by atoms with Crippen molar-refractivity contribution >= 4 is 22.9 Å². The van der Waals surface area contributed by atoms with E-state index in [0.717, 1.165) is 23.0 Å². The van der Waals surface area contributed by atoms with Crippen molar-refractivity contribution in [1.82, 2.24) is 10.3 Å². The lowest BCUT2D eigenvalue weighted by atomic mass is 10.0. The van der Waals surface area contributed by atoms with Gasteiger partial charge >= 0.3 is 0 Å². The van der Waals surface area contributed by atoms with Crippen LogP contribution in [0.2, 0.25) is 4.34 Å². The maximum atomic E-state index is 5.98. The lowest BCUT2D eigenvalue weighted by molar-refractivity contribution is 0.537. The summed E-state index contributed by atoms with van der Waals surface area (Å²) in [6, 6.07) is 8.38. The predicted molar refractivity (Wildman–Crippen MR) is 78.4 cm³/mol. The first-order valence-corrected chi connectivity index (χ1v) is 7.29. The molecule has 2 rings (SSSR count). The first-order chi connectivity index (χ1) is 8.70. The molecule has 0 aliphatic heterocycles. The quantitative estimate of drug-likeness (QED) is 0.895. The molecular weight excluding hydrogens is 264 g/mol. The van der Waals surface area contributed by atoms with Gasteiger partial charge in [-0.2, -0.15) is 0 Å². The highest BCUT2D eigenvalue weighted by atomic mass is 35.5. The maximum Gasteiger partial charge on any atom is 0.0931 e. The summed E-state index contributed by atoms with van der Waals surface area (Å²) in [6.45, 7) is 5.15. The second-order valence-electron chi connectivity index (χ2n) is 4.23. The zero-order chi connectivity index (χ0) is 13.0. The Bertz CT molecular complexity index is 510. The van der Waals surface area contributed by atoms with Crippen LogP contribution < -0.4 is 5.32 Å². The molecule has 4 heteroatoms. The van der Waals surface area contributed by atoms with Gasteiger partial charge in [-0.1, -0.05) is 24.6 Å². The third-order valence-electron chi connectivity index (χ3n) is 2.86. The average molecular weight is 281 g/mol. The molecule has 0 saturated heterocycles. The number of aryl methyl sites for hydroxylation is 1. The molecule has 0 aliphatic rings. The van der Waals surface area contributed by atoms with Crippen LogP contribution in [0, 0.1) is 6.92 Å². The molecule has 2 heterocycles. The Labute approximate surface area is 117 Å². The number of nitrogens with zero attached hydrogens (tertiary/aromatic N) is 1. The van der Waals surface area contributed by atoms with Gasteiger partial charge in [0.15, 0.2) is 0 Å².